The Balaban J connectivity index is -0.000000107. The molecule has 0 saturated carbocycles. The predicted octanol–water partition coefficient (Wildman–Crippen LogP) is 0.830. The molecule has 0 rings (SSSR count). The van der Waals surface area contributed by atoms with Crippen molar-refractivity contribution >= 4 is 14.7 Å². The van der Waals surface area contributed by atoms with Crippen molar-refractivity contribution in [2.45, 2.75) is 6.92 Å². The standard InChI is InChI=1S/C4H6O2.HO2P.Y/c1-3(2)4(5)6;1-3-2;/h1H2,2H3,(H,5,6);(H,1,2);. The molecule has 1 radical (unpaired) electrons. The van der Waals surface area contributed by atoms with Crippen molar-refractivity contribution in [3.63, 3.8) is 0 Å². The fourth-order valence-corrected chi connectivity index (χ4v) is 0. The third-order valence-corrected chi connectivity index (χ3v) is 0.365. The Hall–Kier alpha value is 0.374. The Morgan fingerprint density at radius 1 is 1.60 bits per heavy atom. The van der Waals surface area contributed by atoms with Crippen LogP contribution in [-0.4, -0.2) is 16.0 Å². The van der Waals surface area contributed by atoms with E-state index in [1.165, 1.54) is 6.92 Å². The minimum Gasteiger partial charge on any atom is -0.478 e. The zero-order valence-corrected chi connectivity index (χ0v) is 9.18. The number of hydrogen-bond acceptors (Lipinski definition) is 2. The summed E-state index contributed by atoms with van der Waals surface area (Å²) in [4.78, 5) is 16.6. The molecule has 0 aliphatic carbocycles. The van der Waals surface area contributed by atoms with Gasteiger partial charge < -0.3 is 10.00 Å². The van der Waals surface area contributed by atoms with Gasteiger partial charge in [0.15, 0.2) is 0 Å². The van der Waals surface area contributed by atoms with E-state index < -0.39 is 14.7 Å². The molecule has 0 aromatic rings. The molecule has 0 spiro atoms. The van der Waals surface area contributed by atoms with E-state index in [4.69, 9.17) is 14.6 Å². The fraction of sp³-hybridized carbons (Fsp3) is 0.250. The number of carboxylic acid groups (broad SMARTS) is 1. The molecule has 0 heterocycles. The van der Waals surface area contributed by atoms with E-state index in [-0.39, 0.29) is 38.3 Å². The molecule has 6 heteroatoms. The van der Waals surface area contributed by atoms with E-state index in [0.717, 1.165) is 0 Å². The van der Waals surface area contributed by atoms with Crippen molar-refractivity contribution in [3.05, 3.63) is 12.2 Å². The quantitative estimate of drug-likeness (QED) is 0.524. The summed E-state index contributed by atoms with van der Waals surface area (Å²) in [7, 11) is -0.833. The van der Waals surface area contributed by atoms with Gasteiger partial charge in [-0.05, 0) is 6.92 Å². The summed E-state index contributed by atoms with van der Waals surface area (Å²) in [6.07, 6.45) is 0. The van der Waals surface area contributed by atoms with Crippen LogP contribution >= 0.6 is 8.69 Å². The maximum Gasteiger partial charge on any atom is 0.330 e. The molecule has 0 fully saturated rings. The molecule has 0 bridgehead atoms. The molecular weight excluding hydrogens is 232 g/mol. The van der Waals surface area contributed by atoms with Gasteiger partial charge in [-0.25, -0.2) is 9.36 Å². The molecular formula is C4H7O4PY. The maximum absolute atomic E-state index is 9.60. The van der Waals surface area contributed by atoms with Crippen LogP contribution in [0.15, 0.2) is 12.2 Å². The van der Waals surface area contributed by atoms with Crippen LogP contribution in [0, 0.1) is 0 Å². The summed E-state index contributed by atoms with van der Waals surface area (Å²) < 4.78 is 8.46. The second kappa shape index (κ2) is 12.1. The molecule has 2 N–H and O–H groups in total. The van der Waals surface area contributed by atoms with Gasteiger partial charge in [-0.2, -0.15) is 0 Å². The number of carbonyl (C=O) groups is 1. The summed E-state index contributed by atoms with van der Waals surface area (Å²) in [6, 6.07) is 0. The smallest absolute Gasteiger partial charge is 0.330 e. The van der Waals surface area contributed by atoms with Gasteiger partial charge in [0.25, 0.3) is 0 Å². The molecule has 0 aromatic carbocycles. The monoisotopic (exact) mass is 239 g/mol. The zero-order chi connectivity index (χ0) is 7.86. The normalized spacial score (nSPS) is 6.60. The molecule has 0 aliphatic rings. The van der Waals surface area contributed by atoms with E-state index in [2.05, 4.69) is 6.58 Å². The molecule has 10 heavy (non-hydrogen) atoms. The Bertz CT molecular complexity index is 112. The summed E-state index contributed by atoms with van der Waals surface area (Å²) in [5.41, 5.74) is 0.176. The van der Waals surface area contributed by atoms with Crippen molar-refractivity contribution in [1.29, 1.82) is 0 Å². The molecule has 0 aliphatic heterocycles. The van der Waals surface area contributed by atoms with Crippen LogP contribution in [-0.2, 0) is 42.1 Å². The average Bonchev–Trinajstić information content (AvgIpc) is 1.68. The maximum atomic E-state index is 9.60. The molecule has 0 amide bonds. The van der Waals surface area contributed by atoms with Crippen LogP contribution in [0.1, 0.15) is 6.92 Å². The Labute approximate surface area is 85.5 Å². The predicted molar refractivity (Wildman–Crippen MR) is 32.3 cm³/mol. The number of hydrogen-bond donors (Lipinski definition) is 2. The molecule has 4 nitrogen and oxygen atoms in total. The Morgan fingerprint density at radius 3 is 1.70 bits per heavy atom. The first-order valence-electron chi connectivity index (χ1n) is 1.91. The molecule has 0 saturated heterocycles. The van der Waals surface area contributed by atoms with Crippen molar-refractivity contribution in [1.82, 2.24) is 0 Å². The van der Waals surface area contributed by atoms with E-state index in [1.54, 1.807) is 0 Å². The first-order valence-corrected chi connectivity index (χ1v) is 2.68. The van der Waals surface area contributed by atoms with Gasteiger partial charge in [0, 0.05) is 38.3 Å². The number of aliphatic carboxylic acids is 1. The Kier molecular flexibility index (Phi) is 20.3. The average molecular weight is 239 g/mol. The Morgan fingerprint density at radius 2 is 1.70 bits per heavy atom. The van der Waals surface area contributed by atoms with Gasteiger partial charge in [0.2, 0.25) is 0 Å². The fourth-order valence-electron chi connectivity index (χ4n) is 0. The minimum absolute atomic E-state index is 0. The van der Waals surface area contributed by atoms with Gasteiger partial charge in [-0.1, -0.05) is 6.58 Å². The van der Waals surface area contributed by atoms with Crippen molar-refractivity contribution < 1.29 is 52.1 Å². The molecule has 0 unspecified atom stereocenters. The summed E-state index contributed by atoms with van der Waals surface area (Å²) in [6.45, 7) is 4.60. The second-order valence-corrected chi connectivity index (χ2v) is 1.33. The first-order chi connectivity index (χ1) is 4.06. The van der Waals surface area contributed by atoms with E-state index in [1.807, 2.05) is 0 Å². The van der Waals surface area contributed by atoms with Gasteiger partial charge >= 0.3 is 14.7 Å². The minimum atomic E-state index is -0.935. The summed E-state index contributed by atoms with van der Waals surface area (Å²) in [5, 5.41) is 7.89. The van der Waals surface area contributed by atoms with Crippen LogP contribution in [0.2, 0.25) is 0 Å². The summed E-state index contributed by atoms with van der Waals surface area (Å²) in [5.74, 6) is -0.935. The van der Waals surface area contributed by atoms with E-state index >= 15 is 0 Å². The third kappa shape index (κ3) is 23.8. The number of carboxylic acids is 1. The van der Waals surface area contributed by atoms with Crippen LogP contribution in [0.4, 0.5) is 0 Å². The van der Waals surface area contributed by atoms with Gasteiger partial charge in [-0.15, -0.1) is 0 Å². The van der Waals surface area contributed by atoms with E-state index in [9.17, 15) is 4.79 Å². The van der Waals surface area contributed by atoms with E-state index in [0.29, 0.717) is 0 Å². The first kappa shape index (κ1) is 16.8. The second-order valence-electron chi connectivity index (χ2n) is 1.17. The van der Waals surface area contributed by atoms with Gasteiger partial charge in [-0.3, -0.25) is 0 Å². The van der Waals surface area contributed by atoms with Gasteiger partial charge in [0.1, 0.15) is 0 Å². The third-order valence-electron chi connectivity index (χ3n) is 0.365. The molecule has 0 aromatic heterocycles. The van der Waals surface area contributed by atoms with Crippen molar-refractivity contribution in [2.75, 3.05) is 0 Å². The topological polar surface area (TPSA) is 74.6 Å². The molecule has 55 valence electrons. The molecule has 0 atom stereocenters. The summed E-state index contributed by atoms with van der Waals surface area (Å²) >= 11 is 0. The van der Waals surface area contributed by atoms with Crippen molar-refractivity contribution in [3.8, 4) is 0 Å². The van der Waals surface area contributed by atoms with Gasteiger partial charge in [0.05, 0.1) is 0 Å². The number of rotatable bonds is 1. The van der Waals surface area contributed by atoms with Crippen LogP contribution in [0.5, 0.6) is 0 Å². The zero-order valence-electron chi connectivity index (χ0n) is 5.44. The van der Waals surface area contributed by atoms with Crippen LogP contribution < -0.4 is 0 Å². The largest absolute Gasteiger partial charge is 0.478 e. The van der Waals surface area contributed by atoms with Crippen LogP contribution in [0.25, 0.3) is 0 Å². The van der Waals surface area contributed by atoms with Crippen molar-refractivity contribution in [2.24, 2.45) is 0 Å². The van der Waals surface area contributed by atoms with Crippen LogP contribution in [0.3, 0.4) is 0 Å². The SMILES string of the molecule is C=C(C)C(=O)O.O=PO.[Y].